The molecule has 6 nitrogen and oxygen atoms in total. The molecular weight excluding hydrogens is 372 g/mol. The van der Waals surface area contributed by atoms with Crippen molar-refractivity contribution in [1.82, 2.24) is 10.2 Å². The lowest BCUT2D eigenvalue weighted by atomic mass is 10.0. The predicted octanol–water partition coefficient (Wildman–Crippen LogP) is 1.29. The van der Waals surface area contributed by atoms with Crippen LogP contribution in [0.15, 0.2) is 40.9 Å². The molecule has 1 fully saturated rings. The van der Waals surface area contributed by atoms with Crippen molar-refractivity contribution in [3.8, 4) is 12.3 Å². The number of hydrogen-bond donors (Lipinski definition) is 2. The summed E-state index contributed by atoms with van der Waals surface area (Å²) in [5.74, 6) is 1.43. The van der Waals surface area contributed by atoms with Gasteiger partial charge in [-0.05, 0) is 5.56 Å². The third-order valence-electron chi connectivity index (χ3n) is 3.99. The molecule has 8 heteroatoms. The number of aliphatic carboxylic acids is 1. The van der Waals surface area contributed by atoms with Crippen LogP contribution in [0.25, 0.3) is 0 Å². The van der Waals surface area contributed by atoms with E-state index in [4.69, 9.17) is 6.42 Å². The van der Waals surface area contributed by atoms with Gasteiger partial charge in [0.25, 0.3) is 5.91 Å². The fraction of sp³-hybridized carbons (Fsp3) is 0.278. The summed E-state index contributed by atoms with van der Waals surface area (Å²) in [6.07, 6.45) is 5.41. The molecule has 2 heterocycles. The fourth-order valence-corrected chi connectivity index (χ4v) is 5.15. The molecule has 2 N–H and O–H groups in total. The smallest absolute Gasteiger partial charge is 0.353 e. The predicted molar refractivity (Wildman–Crippen MR) is 101 cm³/mol. The summed E-state index contributed by atoms with van der Waals surface area (Å²) in [6, 6.07) is 8.52. The van der Waals surface area contributed by atoms with Crippen molar-refractivity contribution in [1.29, 1.82) is 0 Å². The first kappa shape index (κ1) is 18.4. The molecule has 3 rings (SSSR count). The number of carbonyl (C=O) groups excluding carboxylic acids is 2. The SMILES string of the molecule is C#CCSC1=C(C(=O)O)N2C(=O)[C@@H](NC(=O)Cc3ccccc3)[C@H]2SC1. The molecule has 2 amide bonds. The van der Waals surface area contributed by atoms with Gasteiger partial charge < -0.3 is 10.4 Å². The molecule has 0 aliphatic carbocycles. The Morgan fingerprint density at radius 1 is 1.38 bits per heavy atom. The molecule has 0 bridgehead atoms. The van der Waals surface area contributed by atoms with Crippen LogP contribution in [0.1, 0.15) is 5.56 Å². The fourth-order valence-electron chi connectivity index (χ4n) is 2.84. The van der Waals surface area contributed by atoms with E-state index in [1.165, 1.54) is 28.4 Å². The Kier molecular flexibility index (Phi) is 5.59. The summed E-state index contributed by atoms with van der Waals surface area (Å²) in [5, 5.41) is 11.8. The van der Waals surface area contributed by atoms with Gasteiger partial charge in [-0.25, -0.2) is 4.79 Å². The van der Waals surface area contributed by atoms with Gasteiger partial charge in [0.2, 0.25) is 5.91 Å². The topological polar surface area (TPSA) is 86.7 Å². The summed E-state index contributed by atoms with van der Waals surface area (Å²) in [5.41, 5.74) is 0.830. The van der Waals surface area contributed by atoms with Crippen LogP contribution in [0.2, 0.25) is 0 Å². The molecule has 2 aliphatic heterocycles. The van der Waals surface area contributed by atoms with Crippen LogP contribution >= 0.6 is 23.5 Å². The van der Waals surface area contributed by atoms with E-state index in [9.17, 15) is 19.5 Å². The average molecular weight is 388 g/mol. The second kappa shape index (κ2) is 7.89. The monoisotopic (exact) mass is 388 g/mol. The Morgan fingerprint density at radius 3 is 2.77 bits per heavy atom. The quantitative estimate of drug-likeness (QED) is 0.564. The van der Waals surface area contributed by atoms with Gasteiger partial charge in [-0.2, -0.15) is 0 Å². The maximum atomic E-state index is 12.5. The van der Waals surface area contributed by atoms with E-state index in [2.05, 4.69) is 11.2 Å². The van der Waals surface area contributed by atoms with Crippen LogP contribution in [0, 0.1) is 12.3 Å². The van der Waals surface area contributed by atoms with Gasteiger partial charge in [0.1, 0.15) is 17.1 Å². The number of hydrogen-bond acceptors (Lipinski definition) is 5. The zero-order valence-corrected chi connectivity index (χ0v) is 15.3. The summed E-state index contributed by atoms with van der Waals surface area (Å²) < 4.78 is 0. The third-order valence-corrected chi connectivity index (χ3v) is 6.45. The minimum atomic E-state index is -1.16. The third kappa shape index (κ3) is 3.59. The zero-order valence-electron chi connectivity index (χ0n) is 13.7. The second-order valence-corrected chi connectivity index (χ2v) is 7.86. The zero-order chi connectivity index (χ0) is 18.7. The van der Waals surface area contributed by atoms with Crippen LogP contribution in [-0.4, -0.2) is 50.7 Å². The first-order valence-corrected chi connectivity index (χ1v) is 9.87. The van der Waals surface area contributed by atoms with Crippen LogP contribution in [0.5, 0.6) is 0 Å². The highest BCUT2D eigenvalue weighted by molar-refractivity contribution is 8.06. The number of carbonyl (C=O) groups is 3. The number of benzene rings is 1. The van der Waals surface area contributed by atoms with E-state index in [1.807, 2.05) is 30.3 Å². The van der Waals surface area contributed by atoms with Gasteiger partial charge in [0, 0.05) is 10.7 Å². The van der Waals surface area contributed by atoms with Crippen molar-refractivity contribution < 1.29 is 19.5 Å². The molecule has 2 atom stereocenters. The minimum absolute atomic E-state index is 0.0208. The normalized spacial score (nSPS) is 21.5. The Balaban J connectivity index is 1.69. The molecule has 0 spiro atoms. The number of β-lactam (4-membered cyclic amide) rings is 1. The molecule has 0 saturated carbocycles. The number of thioether (sulfide) groups is 2. The van der Waals surface area contributed by atoms with Crippen molar-refractivity contribution in [2.75, 3.05) is 11.5 Å². The highest BCUT2D eigenvalue weighted by Crippen LogP contribution is 2.43. The highest BCUT2D eigenvalue weighted by atomic mass is 32.2. The van der Waals surface area contributed by atoms with Crippen molar-refractivity contribution in [3.63, 3.8) is 0 Å². The number of carboxylic acid groups (broad SMARTS) is 1. The standard InChI is InChI=1S/C18H16N2O4S2/c1-2-8-25-12-10-26-17-14(16(22)20(17)15(12)18(23)24)19-13(21)9-11-6-4-3-5-7-11/h1,3-7,14,17H,8-10H2,(H,19,21)(H,23,24)/t14-,17-/m1/s1. The van der Waals surface area contributed by atoms with Crippen molar-refractivity contribution >= 4 is 41.3 Å². The largest absolute Gasteiger partial charge is 0.477 e. The van der Waals surface area contributed by atoms with Crippen LogP contribution in [0.4, 0.5) is 0 Å². The molecule has 134 valence electrons. The van der Waals surface area contributed by atoms with E-state index in [1.54, 1.807) is 0 Å². The molecule has 1 saturated heterocycles. The van der Waals surface area contributed by atoms with Crippen LogP contribution in [0.3, 0.4) is 0 Å². The highest BCUT2D eigenvalue weighted by Gasteiger charge is 2.54. The van der Waals surface area contributed by atoms with Crippen molar-refractivity contribution in [3.05, 3.63) is 46.5 Å². The van der Waals surface area contributed by atoms with E-state index in [-0.39, 0.29) is 18.0 Å². The number of rotatable bonds is 6. The number of terminal acetylenes is 1. The summed E-state index contributed by atoms with van der Waals surface area (Å²) in [6.45, 7) is 0. The summed E-state index contributed by atoms with van der Waals surface area (Å²) in [7, 11) is 0. The van der Waals surface area contributed by atoms with Gasteiger partial charge in [-0.3, -0.25) is 14.5 Å². The van der Waals surface area contributed by atoms with Crippen molar-refractivity contribution in [2.24, 2.45) is 0 Å². The molecule has 0 unspecified atom stereocenters. The van der Waals surface area contributed by atoms with Crippen LogP contribution < -0.4 is 5.32 Å². The van der Waals surface area contributed by atoms with E-state index in [0.29, 0.717) is 16.4 Å². The van der Waals surface area contributed by atoms with E-state index >= 15 is 0 Å². The van der Waals surface area contributed by atoms with Gasteiger partial charge in [0.05, 0.1) is 12.2 Å². The van der Waals surface area contributed by atoms with Gasteiger partial charge in [-0.1, -0.05) is 36.3 Å². The lowest BCUT2D eigenvalue weighted by molar-refractivity contribution is -0.150. The van der Waals surface area contributed by atoms with Gasteiger partial charge in [-0.15, -0.1) is 29.9 Å². The lowest BCUT2D eigenvalue weighted by Crippen LogP contribution is -2.70. The molecular formula is C18H16N2O4S2. The Hall–Kier alpha value is -2.37. The maximum Gasteiger partial charge on any atom is 0.353 e. The Bertz CT molecular complexity index is 816. The number of nitrogens with one attached hydrogen (secondary N) is 1. The Labute approximate surface area is 159 Å². The second-order valence-electron chi connectivity index (χ2n) is 5.69. The maximum absolute atomic E-state index is 12.5. The Morgan fingerprint density at radius 2 is 2.12 bits per heavy atom. The summed E-state index contributed by atoms with van der Waals surface area (Å²) in [4.78, 5) is 38.1. The molecule has 0 aromatic heterocycles. The van der Waals surface area contributed by atoms with Crippen LogP contribution in [-0.2, 0) is 20.8 Å². The van der Waals surface area contributed by atoms with E-state index in [0.717, 1.165) is 5.56 Å². The molecule has 2 aliphatic rings. The molecule has 1 aromatic carbocycles. The summed E-state index contributed by atoms with van der Waals surface area (Å²) >= 11 is 2.69. The molecule has 1 aromatic rings. The molecule has 26 heavy (non-hydrogen) atoms. The first-order chi connectivity index (χ1) is 12.5. The first-order valence-electron chi connectivity index (χ1n) is 7.83. The average Bonchev–Trinajstić information content (AvgIpc) is 2.64. The minimum Gasteiger partial charge on any atom is -0.477 e. The van der Waals surface area contributed by atoms with Gasteiger partial charge in [0.15, 0.2) is 0 Å². The van der Waals surface area contributed by atoms with E-state index < -0.39 is 23.3 Å². The van der Waals surface area contributed by atoms with Crippen molar-refractivity contribution in [2.45, 2.75) is 17.8 Å². The lowest BCUT2D eigenvalue weighted by Gasteiger charge is -2.49. The number of fused-ring (bicyclic) bond motifs is 1. The number of carboxylic acids is 1. The number of nitrogens with zero attached hydrogens (tertiary/aromatic N) is 1. The van der Waals surface area contributed by atoms with Gasteiger partial charge >= 0.3 is 5.97 Å². The number of amides is 2. The molecule has 0 radical (unpaired) electrons.